The molecule has 0 saturated heterocycles. The number of hydrazone groups is 1. The van der Waals surface area contributed by atoms with Gasteiger partial charge < -0.3 is 9.47 Å². The van der Waals surface area contributed by atoms with Crippen LogP contribution in [-0.2, 0) is 19.1 Å². The fraction of sp³-hybridized carbons (Fsp3) is 0.385. The maximum atomic E-state index is 12.1. The molecule has 0 aromatic rings. The number of hydrogen-bond acceptors (Lipinski definition) is 7. The van der Waals surface area contributed by atoms with Gasteiger partial charge in [-0.25, -0.2) is 0 Å². The summed E-state index contributed by atoms with van der Waals surface area (Å²) in [6.45, 7) is 3.58. The molecule has 0 spiro atoms. The largest absolute Gasteiger partial charge is 0.465 e. The Bertz CT molecular complexity index is 562. The Balaban J connectivity index is 2.38. The predicted octanol–water partition coefficient (Wildman–Crippen LogP) is 1.28. The van der Waals surface area contributed by atoms with Crippen molar-refractivity contribution in [2.45, 2.75) is 13.8 Å². The number of esters is 2. The Morgan fingerprint density at radius 1 is 1.33 bits per heavy atom. The zero-order valence-corrected chi connectivity index (χ0v) is 12.3. The summed E-state index contributed by atoms with van der Waals surface area (Å²) in [5, 5.41) is 5.36. The minimum Gasteiger partial charge on any atom is -0.465 e. The molecule has 0 bridgehead atoms. The topological polar surface area (TPSA) is 80.6 Å². The third kappa shape index (κ3) is 3.09. The van der Waals surface area contributed by atoms with Gasteiger partial charge in [0.05, 0.1) is 18.9 Å². The summed E-state index contributed by atoms with van der Waals surface area (Å²) in [4.78, 5) is 28.2. The molecule has 0 N–H and O–H groups in total. The molecule has 8 heteroatoms. The Morgan fingerprint density at radius 3 is 2.52 bits per heavy atom. The first-order valence-corrected chi connectivity index (χ1v) is 6.71. The van der Waals surface area contributed by atoms with Crippen molar-refractivity contribution in [2.75, 3.05) is 13.2 Å². The van der Waals surface area contributed by atoms with Gasteiger partial charge in [0.1, 0.15) is 0 Å². The smallest absolute Gasteiger partial charge is 0.326 e. The lowest BCUT2D eigenvalue weighted by Crippen LogP contribution is -2.36. The number of carbonyl (C=O) groups is 2. The normalized spacial score (nSPS) is 15.8. The molecule has 110 valence electrons. The standard InChI is InChI=1S/C13H13ClN3O4/c1-3-20-12(18)11(13(19)21-4-2)8-7-9(14)16-10-5-6-15-17(8)10/h5,7,11H,3-4H2,1-2H3/q+1. The summed E-state index contributed by atoms with van der Waals surface area (Å²) in [6.07, 6.45) is 5.46. The summed E-state index contributed by atoms with van der Waals surface area (Å²) in [6, 6.07) is 0. The van der Waals surface area contributed by atoms with Crippen molar-refractivity contribution >= 4 is 34.9 Å². The predicted molar refractivity (Wildman–Crippen MR) is 75.5 cm³/mol. The van der Waals surface area contributed by atoms with Gasteiger partial charge in [0.2, 0.25) is 12.3 Å². The number of rotatable bonds is 5. The number of aliphatic imine (C=N–C) groups is 1. The second-order valence-corrected chi connectivity index (χ2v) is 4.37. The first kappa shape index (κ1) is 15.2. The number of ether oxygens (including phenoxy) is 2. The highest BCUT2D eigenvalue weighted by atomic mass is 35.5. The third-order valence-corrected chi connectivity index (χ3v) is 2.84. The van der Waals surface area contributed by atoms with E-state index in [-0.39, 0.29) is 24.1 Å². The zero-order chi connectivity index (χ0) is 15.4. The van der Waals surface area contributed by atoms with Crippen molar-refractivity contribution in [3.8, 4) is 0 Å². The van der Waals surface area contributed by atoms with Crippen LogP contribution in [0.2, 0.25) is 0 Å². The molecule has 2 rings (SSSR count). The molecule has 0 amide bonds. The van der Waals surface area contributed by atoms with Crippen LogP contribution in [0.1, 0.15) is 13.8 Å². The number of carbonyl (C=O) groups excluding carboxylic acids is 2. The van der Waals surface area contributed by atoms with Gasteiger partial charge in [0.15, 0.2) is 11.1 Å². The molecule has 2 aliphatic rings. The molecule has 0 unspecified atom stereocenters. The van der Waals surface area contributed by atoms with Crippen LogP contribution in [0.3, 0.4) is 0 Å². The van der Waals surface area contributed by atoms with Crippen LogP contribution in [0.5, 0.6) is 0 Å². The van der Waals surface area contributed by atoms with Crippen LogP contribution in [-0.4, -0.2) is 41.5 Å². The van der Waals surface area contributed by atoms with E-state index in [4.69, 9.17) is 21.1 Å². The van der Waals surface area contributed by atoms with Gasteiger partial charge in [0.25, 0.3) is 0 Å². The number of allylic oxidation sites excluding steroid dienone is 2. The van der Waals surface area contributed by atoms with Gasteiger partial charge in [-0.05, 0) is 13.8 Å². The van der Waals surface area contributed by atoms with Crippen LogP contribution in [0.15, 0.2) is 33.8 Å². The van der Waals surface area contributed by atoms with Gasteiger partial charge in [-0.3, -0.25) is 9.59 Å². The molecular formula is C13H13ClN3O4+. The Hall–Kier alpha value is -2.24. The highest BCUT2D eigenvalue weighted by Crippen LogP contribution is 2.30. The van der Waals surface area contributed by atoms with Gasteiger partial charge in [-0.15, -0.1) is 10.0 Å². The highest BCUT2D eigenvalue weighted by Gasteiger charge is 2.43. The molecule has 0 radical (unpaired) electrons. The second kappa shape index (κ2) is 6.47. The minimum atomic E-state index is -1.28. The average molecular weight is 311 g/mol. The molecule has 2 heterocycles. The van der Waals surface area contributed by atoms with E-state index < -0.39 is 17.9 Å². The van der Waals surface area contributed by atoms with Crippen LogP contribution < -0.4 is 0 Å². The molecule has 0 atom stereocenters. The van der Waals surface area contributed by atoms with Crippen LogP contribution in [0, 0.1) is 5.92 Å². The summed E-state index contributed by atoms with van der Waals surface area (Å²) in [7, 11) is 0. The molecule has 2 aliphatic heterocycles. The first-order valence-electron chi connectivity index (χ1n) is 6.34. The van der Waals surface area contributed by atoms with E-state index in [0.29, 0.717) is 5.82 Å². The molecular weight excluding hydrogens is 298 g/mol. The fourth-order valence-corrected chi connectivity index (χ4v) is 2.04. The van der Waals surface area contributed by atoms with Gasteiger partial charge >= 0.3 is 17.8 Å². The van der Waals surface area contributed by atoms with Gasteiger partial charge in [-0.1, -0.05) is 11.6 Å². The van der Waals surface area contributed by atoms with Crippen molar-refractivity contribution in [1.29, 1.82) is 0 Å². The molecule has 7 nitrogen and oxygen atoms in total. The SMILES string of the molecule is CCOC(=O)C(C(=O)OCC)C1=CC(Cl)=NC2=C[C+]=NN21. The molecule has 0 aromatic heterocycles. The lowest BCUT2D eigenvalue weighted by atomic mass is 10.0. The van der Waals surface area contributed by atoms with E-state index in [9.17, 15) is 9.59 Å². The zero-order valence-electron chi connectivity index (χ0n) is 11.5. The van der Waals surface area contributed by atoms with E-state index >= 15 is 0 Å². The van der Waals surface area contributed by atoms with E-state index in [1.807, 2.05) is 0 Å². The van der Waals surface area contributed by atoms with Crippen LogP contribution in [0.25, 0.3) is 0 Å². The molecule has 21 heavy (non-hydrogen) atoms. The minimum absolute atomic E-state index is 0.130. The summed E-state index contributed by atoms with van der Waals surface area (Å²) in [5.41, 5.74) is 0.225. The van der Waals surface area contributed by atoms with E-state index in [2.05, 4.69) is 16.3 Å². The van der Waals surface area contributed by atoms with Gasteiger partial charge in [-0.2, -0.15) is 0 Å². The number of hydrogen-bond donors (Lipinski definition) is 0. The van der Waals surface area contributed by atoms with E-state index in [1.54, 1.807) is 13.8 Å². The molecule has 0 fully saturated rings. The first-order chi connectivity index (χ1) is 10.1. The summed E-state index contributed by atoms with van der Waals surface area (Å²) in [5.74, 6) is -2.36. The van der Waals surface area contributed by atoms with Crippen LogP contribution >= 0.6 is 11.6 Å². The van der Waals surface area contributed by atoms with Crippen LogP contribution in [0.4, 0.5) is 0 Å². The lowest BCUT2D eigenvalue weighted by Gasteiger charge is -2.21. The van der Waals surface area contributed by atoms with Crippen molar-refractivity contribution in [3.63, 3.8) is 0 Å². The Labute approximate surface area is 126 Å². The maximum absolute atomic E-state index is 12.1. The third-order valence-electron chi connectivity index (χ3n) is 2.64. The van der Waals surface area contributed by atoms with Crippen molar-refractivity contribution in [3.05, 3.63) is 23.7 Å². The summed E-state index contributed by atoms with van der Waals surface area (Å²) >= 11 is 5.92. The van der Waals surface area contributed by atoms with E-state index in [0.717, 1.165) is 0 Å². The Kier molecular flexibility index (Phi) is 4.67. The van der Waals surface area contributed by atoms with Crippen molar-refractivity contribution < 1.29 is 19.1 Å². The highest BCUT2D eigenvalue weighted by molar-refractivity contribution is 6.68. The average Bonchev–Trinajstić information content (AvgIpc) is 2.87. The second-order valence-electron chi connectivity index (χ2n) is 3.98. The number of nitrogens with zero attached hydrogens (tertiary/aromatic N) is 3. The molecule has 0 saturated carbocycles. The quantitative estimate of drug-likeness (QED) is 0.434. The van der Waals surface area contributed by atoms with Crippen molar-refractivity contribution in [1.82, 2.24) is 5.01 Å². The number of halogens is 1. The summed E-state index contributed by atoms with van der Waals surface area (Å²) < 4.78 is 9.87. The molecule has 0 aliphatic carbocycles. The maximum Gasteiger partial charge on any atom is 0.326 e. The lowest BCUT2D eigenvalue weighted by molar-refractivity contribution is -0.160. The van der Waals surface area contributed by atoms with Crippen molar-refractivity contribution in [2.24, 2.45) is 16.0 Å². The number of fused-ring (bicyclic) bond motifs is 1. The fourth-order valence-electron chi connectivity index (χ4n) is 1.85. The van der Waals surface area contributed by atoms with Gasteiger partial charge in [0, 0.05) is 11.2 Å². The Morgan fingerprint density at radius 2 is 1.95 bits per heavy atom. The van der Waals surface area contributed by atoms with E-state index in [1.165, 1.54) is 17.2 Å². The molecule has 0 aromatic carbocycles. The monoisotopic (exact) mass is 310 g/mol.